The molecule has 4 aromatic rings. The Kier molecular flexibility index (Phi) is 5.32. The summed E-state index contributed by atoms with van der Waals surface area (Å²) in [5, 5.41) is 13.2. The molecule has 0 bridgehead atoms. The number of carboxylic acids is 1. The van der Waals surface area contributed by atoms with Crippen LogP contribution < -0.4 is 10.1 Å². The zero-order valence-corrected chi connectivity index (χ0v) is 17.6. The number of rotatable bonds is 6. The third-order valence-electron chi connectivity index (χ3n) is 4.83. The maximum absolute atomic E-state index is 14.7. The zero-order valence-electron chi connectivity index (χ0n) is 16.8. The number of carbonyl (C=O) groups excluding carboxylic acids is 1. The molecular weight excluding hydrogens is 419 g/mol. The van der Waals surface area contributed by atoms with Crippen molar-refractivity contribution in [3.05, 3.63) is 71.0 Å². The average Bonchev–Trinajstić information content (AvgIpc) is 3.15. The standard InChI is InChI=1S/C23H19FN2O4S/c1-23(2,22(28)29)26-21(27)15-11-16(24)13-7-3-4-8-14(13)20(15)30-12-19-25-17-9-5-6-10-18(17)31-19/h3-11H,12H2,1-2H3,(H,26,27)(H,28,29). The summed E-state index contributed by atoms with van der Waals surface area (Å²) >= 11 is 1.46. The van der Waals surface area contributed by atoms with E-state index in [4.69, 9.17) is 4.74 Å². The van der Waals surface area contributed by atoms with Crippen LogP contribution in [0.5, 0.6) is 5.75 Å². The number of aliphatic carboxylic acids is 1. The van der Waals surface area contributed by atoms with Crippen LogP contribution in [-0.4, -0.2) is 27.5 Å². The quantitative estimate of drug-likeness (QED) is 0.453. The largest absolute Gasteiger partial charge is 0.485 e. The number of amides is 1. The number of aromatic nitrogens is 1. The fourth-order valence-corrected chi connectivity index (χ4v) is 4.03. The van der Waals surface area contributed by atoms with Crippen molar-refractivity contribution in [3.8, 4) is 5.75 Å². The van der Waals surface area contributed by atoms with Crippen LogP contribution in [-0.2, 0) is 11.4 Å². The van der Waals surface area contributed by atoms with Gasteiger partial charge in [0.2, 0.25) is 0 Å². The van der Waals surface area contributed by atoms with Crippen molar-refractivity contribution in [1.29, 1.82) is 0 Å². The highest BCUT2D eigenvalue weighted by Gasteiger charge is 2.31. The van der Waals surface area contributed by atoms with Gasteiger partial charge in [-0.15, -0.1) is 11.3 Å². The second-order valence-corrected chi connectivity index (χ2v) is 8.64. The first-order chi connectivity index (χ1) is 14.8. The highest BCUT2D eigenvalue weighted by Crippen LogP contribution is 2.34. The van der Waals surface area contributed by atoms with Crippen molar-refractivity contribution in [3.63, 3.8) is 0 Å². The Hall–Kier alpha value is -3.52. The van der Waals surface area contributed by atoms with Crippen molar-refractivity contribution < 1.29 is 23.8 Å². The van der Waals surface area contributed by atoms with Gasteiger partial charge in [-0.05, 0) is 32.0 Å². The van der Waals surface area contributed by atoms with Gasteiger partial charge in [-0.3, -0.25) is 4.79 Å². The van der Waals surface area contributed by atoms with Gasteiger partial charge < -0.3 is 15.2 Å². The molecule has 8 heteroatoms. The molecule has 0 spiro atoms. The Bertz CT molecular complexity index is 1280. The molecular formula is C23H19FN2O4S. The highest BCUT2D eigenvalue weighted by molar-refractivity contribution is 7.18. The summed E-state index contributed by atoms with van der Waals surface area (Å²) in [7, 11) is 0. The van der Waals surface area contributed by atoms with Crippen molar-refractivity contribution in [2.45, 2.75) is 26.0 Å². The summed E-state index contributed by atoms with van der Waals surface area (Å²) in [4.78, 5) is 28.8. The van der Waals surface area contributed by atoms with Crippen LogP contribution in [0.15, 0.2) is 54.6 Å². The van der Waals surface area contributed by atoms with Gasteiger partial charge >= 0.3 is 5.97 Å². The minimum absolute atomic E-state index is 0.0772. The maximum atomic E-state index is 14.7. The molecule has 0 aliphatic carbocycles. The van der Waals surface area contributed by atoms with Crippen molar-refractivity contribution in [2.24, 2.45) is 0 Å². The average molecular weight is 438 g/mol. The monoisotopic (exact) mass is 438 g/mol. The summed E-state index contributed by atoms with van der Waals surface area (Å²) in [6.45, 7) is 2.79. The molecule has 0 aliphatic rings. The summed E-state index contributed by atoms with van der Waals surface area (Å²) < 4.78 is 21.7. The van der Waals surface area contributed by atoms with Crippen LogP contribution >= 0.6 is 11.3 Å². The molecule has 0 saturated heterocycles. The number of thiazole rings is 1. The van der Waals surface area contributed by atoms with Crippen LogP contribution in [0.25, 0.3) is 21.0 Å². The van der Waals surface area contributed by atoms with Crippen molar-refractivity contribution >= 4 is 44.2 Å². The highest BCUT2D eigenvalue weighted by atomic mass is 32.1. The first-order valence-electron chi connectivity index (χ1n) is 9.50. The smallest absolute Gasteiger partial charge is 0.328 e. The molecule has 0 fully saturated rings. The first kappa shape index (κ1) is 20.7. The number of nitrogens with one attached hydrogen (secondary N) is 1. The van der Waals surface area contributed by atoms with Gasteiger partial charge in [0.05, 0.1) is 15.8 Å². The van der Waals surface area contributed by atoms with Crippen LogP contribution in [0.2, 0.25) is 0 Å². The van der Waals surface area contributed by atoms with E-state index in [0.717, 1.165) is 16.3 Å². The van der Waals surface area contributed by atoms with Crippen LogP contribution in [0.3, 0.4) is 0 Å². The van der Waals surface area contributed by atoms with Gasteiger partial charge in [-0.25, -0.2) is 14.2 Å². The second kappa shape index (κ2) is 7.96. The van der Waals surface area contributed by atoms with Gasteiger partial charge in [-0.2, -0.15) is 0 Å². The van der Waals surface area contributed by atoms with E-state index in [-0.39, 0.29) is 17.9 Å². The molecule has 6 nitrogen and oxygen atoms in total. The van der Waals surface area contributed by atoms with Gasteiger partial charge in [0.25, 0.3) is 5.91 Å². The van der Waals surface area contributed by atoms with Gasteiger partial charge in [0.1, 0.15) is 28.7 Å². The Balaban J connectivity index is 1.74. The van der Waals surface area contributed by atoms with Gasteiger partial charge in [-0.1, -0.05) is 36.4 Å². The molecule has 0 unspecified atom stereocenters. The van der Waals surface area contributed by atoms with E-state index in [1.807, 2.05) is 24.3 Å². The van der Waals surface area contributed by atoms with E-state index in [9.17, 15) is 19.1 Å². The lowest BCUT2D eigenvalue weighted by atomic mass is 10.0. The Morgan fingerprint density at radius 3 is 2.52 bits per heavy atom. The molecule has 158 valence electrons. The molecule has 4 rings (SSSR count). The van der Waals surface area contributed by atoms with Crippen LogP contribution in [0.1, 0.15) is 29.2 Å². The van der Waals surface area contributed by atoms with Crippen LogP contribution in [0, 0.1) is 5.82 Å². The maximum Gasteiger partial charge on any atom is 0.328 e. The van der Waals surface area contributed by atoms with E-state index in [1.165, 1.54) is 25.2 Å². The predicted molar refractivity (Wildman–Crippen MR) is 117 cm³/mol. The second-order valence-electron chi connectivity index (χ2n) is 7.53. The molecule has 0 saturated carbocycles. The molecule has 0 aliphatic heterocycles. The number of carbonyl (C=O) groups is 2. The summed E-state index contributed by atoms with van der Waals surface area (Å²) in [6.07, 6.45) is 0. The van der Waals surface area contributed by atoms with E-state index >= 15 is 0 Å². The molecule has 2 N–H and O–H groups in total. The molecule has 31 heavy (non-hydrogen) atoms. The molecule has 0 radical (unpaired) electrons. The normalized spacial score (nSPS) is 11.6. The number of carboxylic acid groups (broad SMARTS) is 1. The topological polar surface area (TPSA) is 88.5 Å². The zero-order chi connectivity index (χ0) is 22.2. The minimum Gasteiger partial charge on any atom is -0.485 e. The van der Waals surface area contributed by atoms with E-state index in [1.54, 1.807) is 24.3 Å². The summed E-state index contributed by atoms with van der Waals surface area (Å²) in [5.41, 5.74) is -0.772. The van der Waals surface area contributed by atoms with E-state index in [0.29, 0.717) is 15.8 Å². The van der Waals surface area contributed by atoms with E-state index < -0.39 is 23.2 Å². The minimum atomic E-state index is -1.54. The Morgan fingerprint density at radius 1 is 1.13 bits per heavy atom. The van der Waals surface area contributed by atoms with E-state index in [2.05, 4.69) is 10.3 Å². The molecule has 1 aromatic heterocycles. The number of para-hydroxylation sites is 1. The van der Waals surface area contributed by atoms with Crippen molar-refractivity contribution in [1.82, 2.24) is 10.3 Å². The number of fused-ring (bicyclic) bond motifs is 2. The lowest BCUT2D eigenvalue weighted by Gasteiger charge is -2.22. The number of hydrogen-bond donors (Lipinski definition) is 2. The molecule has 3 aromatic carbocycles. The SMILES string of the molecule is CC(C)(NC(=O)c1cc(F)c2ccccc2c1OCc1nc2ccccc2s1)C(=O)O. The fraction of sp³-hybridized carbons (Fsp3) is 0.174. The van der Waals surface area contributed by atoms with Crippen molar-refractivity contribution in [2.75, 3.05) is 0 Å². The Labute approximate surface area is 181 Å². The lowest BCUT2D eigenvalue weighted by Crippen LogP contribution is -2.49. The lowest BCUT2D eigenvalue weighted by molar-refractivity contribution is -0.143. The third kappa shape index (κ3) is 4.06. The van der Waals surface area contributed by atoms with Gasteiger partial charge in [0.15, 0.2) is 0 Å². The number of ether oxygens (including phenoxy) is 1. The third-order valence-corrected chi connectivity index (χ3v) is 5.84. The number of nitrogens with zero attached hydrogens (tertiary/aromatic N) is 1. The molecule has 0 atom stereocenters. The molecule has 1 amide bonds. The Morgan fingerprint density at radius 2 is 1.81 bits per heavy atom. The fourth-order valence-electron chi connectivity index (χ4n) is 3.15. The first-order valence-corrected chi connectivity index (χ1v) is 10.3. The van der Waals surface area contributed by atoms with Crippen LogP contribution in [0.4, 0.5) is 4.39 Å². The molecule has 1 heterocycles. The number of halogens is 1. The predicted octanol–water partition coefficient (Wildman–Crippen LogP) is 4.76. The van der Waals surface area contributed by atoms with Gasteiger partial charge in [0, 0.05) is 10.8 Å². The summed E-state index contributed by atoms with van der Waals surface area (Å²) in [5.74, 6) is -2.37. The summed E-state index contributed by atoms with van der Waals surface area (Å²) in [6, 6.07) is 15.4. The number of benzene rings is 3. The number of hydrogen-bond acceptors (Lipinski definition) is 5.